The van der Waals surface area contributed by atoms with Crippen LogP contribution in [0.2, 0.25) is 0 Å². The molecule has 1 N–H and O–H groups in total. The van der Waals surface area contributed by atoms with Gasteiger partial charge in [0.15, 0.2) is 0 Å². The minimum absolute atomic E-state index is 3.68. The lowest BCUT2D eigenvalue weighted by Crippen LogP contribution is -2.44. The monoisotopic (exact) mass is 246 g/mol. The minimum Gasteiger partial charge on any atom is -0.301 e. The van der Waals surface area contributed by atoms with E-state index < -0.39 is 34.2 Å². The first-order valence-corrected chi connectivity index (χ1v) is 3.73. The van der Waals surface area contributed by atoms with E-state index in [1.807, 2.05) is 0 Å². The Morgan fingerprint density at radius 1 is 1.07 bits per heavy atom. The Bertz CT molecular complexity index is 281. The van der Waals surface area contributed by atoms with Crippen molar-refractivity contribution in [3.05, 3.63) is 11.9 Å². The highest BCUT2D eigenvalue weighted by atomic mass is 32.2. The molecule has 0 saturated carbocycles. The molecule has 0 rings (SSSR count). The molecule has 0 aliphatic heterocycles. The molecule has 0 heterocycles. The van der Waals surface area contributed by atoms with Gasteiger partial charge in [0, 0.05) is 0 Å². The highest BCUT2D eigenvalue weighted by molar-refractivity contribution is 7.80. The second-order valence-electron chi connectivity index (χ2n) is 1.91. The molecule has 0 aliphatic rings. The molecule has 1 unspecified atom stereocenters. The SMILES string of the molecule is O=S(O)C(F)(F)C(F)(F)C(F)=C(F)F. The van der Waals surface area contributed by atoms with E-state index >= 15 is 0 Å². The van der Waals surface area contributed by atoms with Crippen molar-refractivity contribution in [2.24, 2.45) is 0 Å². The highest BCUT2D eigenvalue weighted by Gasteiger charge is 2.66. The van der Waals surface area contributed by atoms with Crippen LogP contribution in [0.1, 0.15) is 0 Å². The summed E-state index contributed by atoms with van der Waals surface area (Å²) >= 11 is -4.47. The standard InChI is InChI=1S/C4HF7O2S/c5-1(2(6)7)3(8,9)4(10,11)14(12)13/h(H,12,13). The Labute approximate surface area is 74.7 Å². The maximum absolute atomic E-state index is 12.1. The van der Waals surface area contributed by atoms with Crippen LogP contribution in [0.4, 0.5) is 30.7 Å². The Morgan fingerprint density at radius 2 is 1.43 bits per heavy atom. The quantitative estimate of drug-likeness (QED) is 0.613. The van der Waals surface area contributed by atoms with E-state index in [1.54, 1.807) is 0 Å². The summed E-state index contributed by atoms with van der Waals surface area (Å²) in [5.74, 6) is -9.75. The average Bonchev–Trinajstić information content (AvgIpc) is 2.01. The molecule has 0 aromatic carbocycles. The van der Waals surface area contributed by atoms with E-state index in [1.165, 1.54) is 0 Å². The molecule has 1 atom stereocenters. The van der Waals surface area contributed by atoms with E-state index in [9.17, 15) is 34.9 Å². The molecule has 84 valence electrons. The summed E-state index contributed by atoms with van der Waals surface area (Å²) in [6.45, 7) is 0. The van der Waals surface area contributed by atoms with Crippen molar-refractivity contribution in [1.29, 1.82) is 0 Å². The first-order valence-electron chi connectivity index (χ1n) is 2.63. The third-order valence-corrected chi connectivity index (χ3v) is 1.72. The number of hydrogen-bond donors (Lipinski definition) is 1. The van der Waals surface area contributed by atoms with Crippen LogP contribution in [0.25, 0.3) is 0 Å². The second-order valence-corrected chi connectivity index (χ2v) is 2.93. The summed E-state index contributed by atoms with van der Waals surface area (Å²) in [5.41, 5.74) is 0. The zero-order valence-corrected chi connectivity index (χ0v) is 6.73. The van der Waals surface area contributed by atoms with Crippen LogP contribution in [0, 0.1) is 0 Å². The van der Waals surface area contributed by atoms with Gasteiger partial charge in [-0.1, -0.05) is 0 Å². The highest BCUT2D eigenvalue weighted by Crippen LogP contribution is 2.43. The fourth-order valence-corrected chi connectivity index (χ4v) is 0.665. The molecular formula is C4HF7O2S. The Morgan fingerprint density at radius 3 is 1.64 bits per heavy atom. The summed E-state index contributed by atoms with van der Waals surface area (Å²) in [7, 11) is 0. The molecule has 0 aromatic rings. The minimum atomic E-state index is -6.02. The summed E-state index contributed by atoms with van der Waals surface area (Å²) in [6, 6.07) is 0. The van der Waals surface area contributed by atoms with Gasteiger partial charge < -0.3 is 4.55 Å². The molecule has 0 fully saturated rings. The van der Waals surface area contributed by atoms with Crippen molar-refractivity contribution in [3.8, 4) is 0 Å². The molecule has 0 aromatic heterocycles. The van der Waals surface area contributed by atoms with Gasteiger partial charge >= 0.3 is 17.3 Å². The molecule has 0 spiro atoms. The van der Waals surface area contributed by atoms with E-state index in [0.29, 0.717) is 0 Å². The maximum atomic E-state index is 12.1. The molecule has 2 nitrogen and oxygen atoms in total. The fourth-order valence-electron chi connectivity index (χ4n) is 0.356. The lowest BCUT2D eigenvalue weighted by Gasteiger charge is -2.20. The molecule has 0 saturated heterocycles. The number of halogens is 7. The fraction of sp³-hybridized carbons (Fsp3) is 0.500. The van der Waals surface area contributed by atoms with Crippen LogP contribution in [0.15, 0.2) is 11.9 Å². The molecule has 0 bridgehead atoms. The number of alkyl halides is 4. The molecule has 0 aliphatic carbocycles. The topological polar surface area (TPSA) is 37.3 Å². The van der Waals surface area contributed by atoms with Gasteiger partial charge in [0.05, 0.1) is 0 Å². The van der Waals surface area contributed by atoms with Gasteiger partial charge in [0.2, 0.25) is 16.9 Å². The molecule has 0 amide bonds. The van der Waals surface area contributed by atoms with Crippen LogP contribution >= 0.6 is 0 Å². The van der Waals surface area contributed by atoms with Crippen molar-refractivity contribution in [2.75, 3.05) is 0 Å². The van der Waals surface area contributed by atoms with E-state index in [2.05, 4.69) is 0 Å². The first-order chi connectivity index (χ1) is 6.05. The number of rotatable bonds is 3. The molecular weight excluding hydrogens is 245 g/mol. The van der Waals surface area contributed by atoms with E-state index in [4.69, 9.17) is 4.55 Å². The van der Waals surface area contributed by atoms with Gasteiger partial charge in [-0.25, -0.2) is 4.21 Å². The van der Waals surface area contributed by atoms with Crippen LogP contribution in [-0.2, 0) is 11.1 Å². The van der Waals surface area contributed by atoms with Crippen LogP contribution in [0.3, 0.4) is 0 Å². The Hall–Kier alpha value is -0.640. The first kappa shape index (κ1) is 13.4. The van der Waals surface area contributed by atoms with Gasteiger partial charge in [0.1, 0.15) is 0 Å². The third kappa shape index (κ3) is 2.05. The van der Waals surface area contributed by atoms with E-state index in [0.717, 1.165) is 0 Å². The van der Waals surface area contributed by atoms with Crippen molar-refractivity contribution < 1.29 is 39.5 Å². The van der Waals surface area contributed by atoms with Gasteiger partial charge in [-0.05, 0) is 0 Å². The van der Waals surface area contributed by atoms with Crippen molar-refractivity contribution in [1.82, 2.24) is 0 Å². The molecule has 0 radical (unpaired) electrons. The summed E-state index contributed by atoms with van der Waals surface area (Å²) in [5, 5.41) is -5.82. The maximum Gasteiger partial charge on any atom is 0.413 e. The van der Waals surface area contributed by atoms with Crippen LogP contribution in [-0.4, -0.2) is 19.9 Å². The zero-order valence-electron chi connectivity index (χ0n) is 5.91. The number of hydrogen-bond acceptors (Lipinski definition) is 1. The lowest BCUT2D eigenvalue weighted by atomic mass is 10.3. The molecule has 14 heavy (non-hydrogen) atoms. The van der Waals surface area contributed by atoms with Crippen molar-refractivity contribution in [2.45, 2.75) is 11.2 Å². The Kier molecular flexibility index (Phi) is 3.67. The van der Waals surface area contributed by atoms with Gasteiger partial charge in [-0.3, -0.25) is 0 Å². The van der Waals surface area contributed by atoms with Crippen molar-refractivity contribution in [3.63, 3.8) is 0 Å². The summed E-state index contributed by atoms with van der Waals surface area (Å²) in [4.78, 5) is 0. The summed E-state index contributed by atoms with van der Waals surface area (Å²) < 4.78 is 99.8. The number of allylic oxidation sites excluding steroid dienone is 1. The zero-order chi connectivity index (χ0) is 11.7. The van der Waals surface area contributed by atoms with Gasteiger partial charge in [0.25, 0.3) is 0 Å². The largest absolute Gasteiger partial charge is 0.413 e. The normalized spacial score (nSPS) is 15.1. The lowest BCUT2D eigenvalue weighted by molar-refractivity contribution is -0.144. The van der Waals surface area contributed by atoms with Crippen LogP contribution in [0.5, 0.6) is 0 Å². The second kappa shape index (κ2) is 3.85. The Balaban J connectivity index is 5.37. The summed E-state index contributed by atoms with van der Waals surface area (Å²) in [6.07, 6.45) is -3.68. The van der Waals surface area contributed by atoms with Gasteiger partial charge in [-0.15, -0.1) is 0 Å². The predicted octanol–water partition coefficient (Wildman–Crippen LogP) is 2.51. The smallest absolute Gasteiger partial charge is 0.301 e. The predicted molar refractivity (Wildman–Crippen MR) is 31.0 cm³/mol. The van der Waals surface area contributed by atoms with Crippen molar-refractivity contribution >= 4 is 11.1 Å². The average molecular weight is 246 g/mol. The molecule has 10 heteroatoms. The van der Waals surface area contributed by atoms with E-state index in [-0.39, 0.29) is 0 Å². The van der Waals surface area contributed by atoms with Gasteiger partial charge in [-0.2, -0.15) is 30.7 Å². The van der Waals surface area contributed by atoms with Crippen LogP contribution < -0.4 is 0 Å². The third-order valence-electron chi connectivity index (χ3n) is 1.03.